The van der Waals surface area contributed by atoms with Gasteiger partial charge in [-0.3, -0.25) is 9.59 Å². The summed E-state index contributed by atoms with van der Waals surface area (Å²) in [7, 11) is 0. The van der Waals surface area contributed by atoms with Crippen LogP contribution in [0.25, 0.3) is 0 Å². The molecule has 0 bridgehead atoms. The van der Waals surface area contributed by atoms with Gasteiger partial charge in [0.25, 0.3) is 0 Å². The Balaban J connectivity index is 1.75. The molecule has 1 saturated heterocycles. The molecule has 4 nitrogen and oxygen atoms in total. The van der Waals surface area contributed by atoms with Crippen molar-refractivity contribution in [3.63, 3.8) is 0 Å². The van der Waals surface area contributed by atoms with E-state index in [1.54, 1.807) is 0 Å². The molecule has 0 aromatic rings. The van der Waals surface area contributed by atoms with Crippen molar-refractivity contribution in [3.8, 4) is 0 Å². The molecule has 4 heteroatoms. The summed E-state index contributed by atoms with van der Waals surface area (Å²) in [6.45, 7) is 4.71. The van der Waals surface area contributed by atoms with Gasteiger partial charge in [0.05, 0.1) is 0 Å². The van der Waals surface area contributed by atoms with Crippen LogP contribution in [-0.2, 0) is 9.59 Å². The Morgan fingerprint density at radius 1 is 1.05 bits per heavy atom. The lowest BCUT2D eigenvalue weighted by Crippen LogP contribution is -2.38. The molecule has 0 aromatic heterocycles. The molecular weight excluding hydrogens is 240 g/mol. The Labute approximate surface area is 115 Å². The van der Waals surface area contributed by atoms with Crippen molar-refractivity contribution in [2.75, 3.05) is 19.6 Å². The van der Waals surface area contributed by atoms with Crippen LogP contribution in [-0.4, -0.2) is 36.3 Å². The summed E-state index contributed by atoms with van der Waals surface area (Å²) in [6.07, 6.45) is 6.81. The highest BCUT2D eigenvalue weighted by molar-refractivity contribution is 5.81. The van der Waals surface area contributed by atoms with Crippen LogP contribution in [0.5, 0.6) is 0 Å². The molecule has 1 saturated carbocycles. The number of hydrogen-bond donors (Lipinski definition) is 1. The van der Waals surface area contributed by atoms with Gasteiger partial charge in [0, 0.05) is 31.5 Å². The van der Waals surface area contributed by atoms with Crippen LogP contribution in [0.1, 0.15) is 51.9 Å². The first kappa shape index (κ1) is 14.4. The van der Waals surface area contributed by atoms with Gasteiger partial charge in [-0.25, -0.2) is 0 Å². The van der Waals surface area contributed by atoms with Gasteiger partial charge < -0.3 is 10.2 Å². The van der Waals surface area contributed by atoms with E-state index in [2.05, 4.69) is 12.2 Å². The van der Waals surface area contributed by atoms with Crippen molar-refractivity contribution >= 4 is 11.8 Å². The molecule has 1 aliphatic heterocycles. The molecule has 19 heavy (non-hydrogen) atoms. The highest BCUT2D eigenvalue weighted by atomic mass is 16.2. The van der Waals surface area contributed by atoms with E-state index in [-0.39, 0.29) is 17.7 Å². The first-order chi connectivity index (χ1) is 9.22. The van der Waals surface area contributed by atoms with Crippen molar-refractivity contribution in [2.24, 2.45) is 11.8 Å². The fourth-order valence-electron chi connectivity index (χ4n) is 3.19. The van der Waals surface area contributed by atoms with Crippen LogP contribution in [0.2, 0.25) is 0 Å². The van der Waals surface area contributed by atoms with Gasteiger partial charge in [-0.1, -0.05) is 6.92 Å². The minimum absolute atomic E-state index is 0.133. The predicted molar refractivity (Wildman–Crippen MR) is 74.6 cm³/mol. The average Bonchev–Trinajstić information content (AvgIpc) is 2.98. The normalized spacial score (nSPS) is 27.3. The number of nitrogens with one attached hydrogen (secondary N) is 1. The van der Waals surface area contributed by atoms with Crippen LogP contribution in [0.3, 0.4) is 0 Å². The quantitative estimate of drug-likeness (QED) is 0.845. The highest BCUT2D eigenvalue weighted by Crippen LogP contribution is 2.31. The minimum atomic E-state index is 0.133. The fraction of sp³-hybridized carbons (Fsp3) is 0.867. The smallest absolute Gasteiger partial charge is 0.225 e. The zero-order chi connectivity index (χ0) is 13.7. The van der Waals surface area contributed by atoms with E-state index >= 15 is 0 Å². The molecule has 0 aromatic carbocycles. The summed E-state index contributed by atoms with van der Waals surface area (Å²) in [5, 5.41) is 2.97. The van der Waals surface area contributed by atoms with Gasteiger partial charge in [-0.15, -0.1) is 0 Å². The Bertz CT molecular complexity index is 316. The van der Waals surface area contributed by atoms with Crippen LogP contribution in [0.4, 0.5) is 0 Å². The second kappa shape index (κ2) is 6.92. The molecule has 108 valence electrons. The number of hydrogen-bond acceptors (Lipinski definition) is 2. The van der Waals surface area contributed by atoms with E-state index in [0.717, 1.165) is 64.6 Å². The molecule has 1 N–H and O–H groups in total. The van der Waals surface area contributed by atoms with Gasteiger partial charge >= 0.3 is 0 Å². The molecule has 2 fully saturated rings. The number of likely N-dealkylation sites (tertiary alicyclic amines) is 1. The van der Waals surface area contributed by atoms with E-state index in [4.69, 9.17) is 0 Å². The van der Waals surface area contributed by atoms with E-state index in [1.807, 2.05) is 4.90 Å². The molecule has 2 aliphatic rings. The maximum Gasteiger partial charge on any atom is 0.225 e. The Morgan fingerprint density at radius 3 is 2.21 bits per heavy atom. The third kappa shape index (κ3) is 3.71. The average molecular weight is 266 g/mol. The fourth-order valence-corrected chi connectivity index (χ4v) is 3.19. The van der Waals surface area contributed by atoms with E-state index in [9.17, 15) is 9.59 Å². The highest BCUT2D eigenvalue weighted by Gasteiger charge is 2.32. The molecular formula is C15H26N2O2. The summed E-state index contributed by atoms with van der Waals surface area (Å²) in [4.78, 5) is 26.2. The van der Waals surface area contributed by atoms with Crippen LogP contribution >= 0.6 is 0 Å². The maximum absolute atomic E-state index is 12.3. The van der Waals surface area contributed by atoms with Gasteiger partial charge in [-0.2, -0.15) is 0 Å². The lowest BCUT2D eigenvalue weighted by atomic mass is 9.81. The molecule has 0 spiro atoms. The number of nitrogens with zero attached hydrogens (tertiary/aromatic N) is 1. The monoisotopic (exact) mass is 266 g/mol. The maximum atomic E-state index is 12.3. The number of amides is 2. The minimum Gasteiger partial charge on any atom is -0.356 e. The molecule has 1 heterocycles. The van der Waals surface area contributed by atoms with Crippen molar-refractivity contribution in [1.29, 1.82) is 0 Å². The standard InChI is InChI=1S/C15H26N2O2/c1-2-9-16-14(18)12-5-7-13(8-6-12)15(19)17-10-3-4-11-17/h12-13H,2-11H2,1H3,(H,16,18). The van der Waals surface area contributed by atoms with Crippen LogP contribution in [0, 0.1) is 11.8 Å². The largest absolute Gasteiger partial charge is 0.356 e. The van der Waals surface area contributed by atoms with Gasteiger partial charge in [-0.05, 0) is 44.9 Å². The lowest BCUT2D eigenvalue weighted by Gasteiger charge is -2.29. The topological polar surface area (TPSA) is 49.4 Å². The molecule has 0 radical (unpaired) electrons. The number of rotatable bonds is 4. The predicted octanol–water partition coefficient (Wildman–Crippen LogP) is 1.94. The summed E-state index contributed by atoms with van der Waals surface area (Å²) >= 11 is 0. The van der Waals surface area contributed by atoms with Gasteiger partial charge in [0.15, 0.2) is 0 Å². The van der Waals surface area contributed by atoms with Crippen molar-refractivity contribution in [2.45, 2.75) is 51.9 Å². The Morgan fingerprint density at radius 2 is 1.63 bits per heavy atom. The first-order valence-corrected chi connectivity index (χ1v) is 7.79. The van der Waals surface area contributed by atoms with E-state index in [0.29, 0.717) is 5.91 Å². The second-order valence-corrected chi connectivity index (χ2v) is 5.87. The summed E-state index contributed by atoms with van der Waals surface area (Å²) in [6, 6.07) is 0. The van der Waals surface area contributed by atoms with Crippen LogP contribution in [0.15, 0.2) is 0 Å². The zero-order valence-electron chi connectivity index (χ0n) is 12.0. The van der Waals surface area contributed by atoms with E-state index in [1.165, 1.54) is 0 Å². The third-order valence-corrected chi connectivity index (χ3v) is 4.41. The summed E-state index contributed by atoms with van der Waals surface area (Å²) < 4.78 is 0. The molecule has 0 atom stereocenters. The molecule has 0 unspecified atom stereocenters. The Hall–Kier alpha value is -1.06. The number of carbonyl (C=O) groups excluding carboxylic acids is 2. The number of carbonyl (C=O) groups is 2. The zero-order valence-corrected chi connectivity index (χ0v) is 12.0. The summed E-state index contributed by atoms with van der Waals surface area (Å²) in [5.41, 5.74) is 0. The lowest BCUT2D eigenvalue weighted by molar-refractivity contribution is -0.137. The SMILES string of the molecule is CCCNC(=O)C1CCC(C(=O)N2CCCC2)CC1. The Kier molecular flexibility index (Phi) is 5.23. The van der Waals surface area contributed by atoms with Crippen molar-refractivity contribution in [1.82, 2.24) is 10.2 Å². The van der Waals surface area contributed by atoms with Crippen LogP contribution < -0.4 is 5.32 Å². The van der Waals surface area contributed by atoms with Crippen molar-refractivity contribution in [3.05, 3.63) is 0 Å². The van der Waals surface area contributed by atoms with E-state index < -0.39 is 0 Å². The molecule has 2 rings (SSSR count). The molecule has 2 amide bonds. The molecule has 1 aliphatic carbocycles. The summed E-state index contributed by atoms with van der Waals surface area (Å²) in [5.74, 6) is 0.835. The van der Waals surface area contributed by atoms with Gasteiger partial charge in [0.1, 0.15) is 0 Å². The first-order valence-electron chi connectivity index (χ1n) is 7.79. The third-order valence-electron chi connectivity index (χ3n) is 4.41. The van der Waals surface area contributed by atoms with Gasteiger partial charge in [0.2, 0.25) is 11.8 Å². The van der Waals surface area contributed by atoms with Crippen molar-refractivity contribution < 1.29 is 9.59 Å². The second-order valence-electron chi connectivity index (χ2n) is 5.87.